The fraction of sp³-hybridized carbons (Fsp3) is 0.533. The van der Waals surface area contributed by atoms with Gasteiger partial charge in [-0.15, -0.1) is 0 Å². The third kappa shape index (κ3) is 6.77. The SMILES string of the molecule is CC(C)(C)S(=O)CCNC(=O)NCC(O)c1ccc(Cl)cc1. The van der Waals surface area contributed by atoms with Gasteiger partial charge in [0.05, 0.1) is 6.10 Å². The molecular formula is C15H23ClN2O3S. The van der Waals surface area contributed by atoms with Crippen molar-refractivity contribution < 1.29 is 14.1 Å². The Morgan fingerprint density at radius 2 is 1.86 bits per heavy atom. The predicted octanol–water partition coefficient (Wildman–Crippen LogP) is 2.22. The van der Waals surface area contributed by atoms with Gasteiger partial charge in [0, 0.05) is 39.4 Å². The first-order valence-electron chi connectivity index (χ1n) is 7.04. The minimum atomic E-state index is -1.00. The fourth-order valence-corrected chi connectivity index (χ4v) is 2.64. The molecule has 0 aliphatic rings. The molecular weight excluding hydrogens is 324 g/mol. The van der Waals surface area contributed by atoms with Crippen LogP contribution in [0.25, 0.3) is 0 Å². The lowest BCUT2D eigenvalue weighted by molar-refractivity contribution is 0.173. The van der Waals surface area contributed by atoms with Crippen LogP contribution in [0.2, 0.25) is 5.02 Å². The van der Waals surface area contributed by atoms with Gasteiger partial charge in [-0.1, -0.05) is 23.7 Å². The highest BCUT2D eigenvalue weighted by Crippen LogP contribution is 2.15. The van der Waals surface area contributed by atoms with Crippen molar-refractivity contribution in [2.45, 2.75) is 31.6 Å². The van der Waals surface area contributed by atoms with Gasteiger partial charge in [0.25, 0.3) is 0 Å². The lowest BCUT2D eigenvalue weighted by Crippen LogP contribution is -2.40. The lowest BCUT2D eigenvalue weighted by atomic mass is 10.1. The lowest BCUT2D eigenvalue weighted by Gasteiger charge is -2.18. The number of benzene rings is 1. The number of hydrogen-bond donors (Lipinski definition) is 3. The third-order valence-corrected chi connectivity index (χ3v) is 5.16. The zero-order chi connectivity index (χ0) is 16.8. The molecule has 5 nitrogen and oxygen atoms in total. The Morgan fingerprint density at radius 1 is 1.27 bits per heavy atom. The Hall–Kier alpha value is -1.11. The van der Waals surface area contributed by atoms with E-state index in [0.29, 0.717) is 22.9 Å². The molecule has 2 atom stereocenters. The zero-order valence-electron chi connectivity index (χ0n) is 13.1. The molecule has 0 fully saturated rings. The molecule has 3 N–H and O–H groups in total. The molecule has 2 unspecified atom stereocenters. The summed E-state index contributed by atoms with van der Waals surface area (Å²) in [6.07, 6.45) is -0.799. The summed E-state index contributed by atoms with van der Waals surface area (Å²) in [5.41, 5.74) is 0.679. The molecule has 22 heavy (non-hydrogen) atoms. The van der Waals surface area contributed by atoms with Crippen LogP contribution in [-0.4, -0.2) is 38.9 Å². The van der Waals surface area contributed by atoms with Crippen LogP contribution in [0, 0.1) is 0 Å². The number of carbonyl (C=O) groups is 1. The van der Waals surface area contributed by atoms with Gasteiger partial charge in [0.2, 0.25) is 0 Å². The quantitative estimate of drug-likeness (QED) is 0.739. The summed E-state index contributed by atoms with van der Waals surface area (Å²) in [5.74, 6) is 0.399. The topological polar surface area (TPSA) is 78.4 Å². The molecule has 0 heterocycles. The van der Waals surface area contributed by atoms with Gasteiger partial charge in [0.1, 0.15) is 0 Å². The number of rotatable bonds is 6. The van der Waals surface area contributed by atoms with E-state index in [1.54, 1.807) is 24.3 Å². The average molecular weight is 347 g/mol. The number of carbonyl (C=O) groups excluding carboxylic acids is 1. The second-order valence-corrected chi connectivity index (χ2v) is 8.63. The Bertz CT molecular complexity index is 515. The van der Waals surface area contributed by atoms with Crippen molar-refractivity contribution in [2.24, 2.45) is 0 Å². The normalized spacial score (nSPS) is 14.2. The van der Waals surface area contributed by atoms with E-state index in [2.05, 4.69) is 10.6 Å². The molecule has 1 rings (SSSR count). The first-order chi connectivity index (χ1) is 10.2. The fourth-order valence-electron chi connectivity index (χ4n) is 1.62. The first kappa shape index (κ1) is 18.9. The number of aliphatic hydroxyl groups excluding tert-OH is 1. The standard InChI is InChI=1S/C15H23ClN2O3S/c1-15(2,3)22(21)9-8-17-14(20)18-10-13(19)11-4-6-12(16)7-5-11/h4-7,13,19H,8-10H2,1-3H3,(H2,17,18,20). The van der Waals surface area contributed by atoms with E-state index >= 15 is 0 Å². The van der Waals surface area contributed by atoms with Crippen LogP contribution in [0.1, 0.15) is 32.4 Å². The first-order valence-corrected chi connectivity index (χ1v) is 8.73. The molecule has 0 bridgehead atoms. The number of urea groups is 1. The Kier molecular flexibility index (Phi) is 7.32. The monoisotopic (exact) mass is 346 g/mol. The number of hydrogen-bond acceptors (Lipinski definition) is 3. The zero-order valence-corrected chi connectivity index (χ0v) is 14.6. The number of nitrogens with one attached hydrogen (secondary N) is 2. The van der Waals surface area contributed by atoms with Crippen LogP contribution < -0.4 is 10.6 Å². The highest BCUT2D eigenvalue weighted by Gasteiger charge is 2.18. The van der Waals surface area contributed by atoms with Gasteiger partial charge in [-0.3, -0.25) is 4.21 Å². The maximum absolute atomic E-state index is 11.8. The van der Waals surface area contributed by atoms with E-state index in [1.807, 2.05) is 20.8 Å². The average Bonchev–Trinajstić information content (AvgIpc) is 2.44. The van der Waals surface area contributed by atoms with Crippen molar-refractivity contribution in [1.29, 1.82) is 0 Å². The third-order valence-electron chi connectivity index (χ3n) is 2.97. The highest BCUT2D eigenvalue weighted by molar-refractivity contribution is 7.86. The Labute approximate surface area is 138 Å². The maximum atomic E-state index is 11.8. The van der Waals surface area contributed by atoms with Crippen LogP contribution >= 0.6 is 11.6 Å². The second kappa shape index (κ2) is 8.50. The van der Waals surface area contributed by atoms with Crippen LogP contribution in [0.3, 0.4) is 0 Å². The molecule has 0 saturated carbocycles. The minimum Gasteiger partial charge on any atom is -0.387 e. The number of halogens is 1. The van der Waals surface area contributed by atoms with Crippen molar-refractivity contribution in [1.82, 2.24) is 10.6 Å². The summed E-state index contributed by atoms with van der Waals surface area (Å²) in [4.78, 5) is 11.6. The van der Waals surface area contributed by atoms with Gasteiger partial charge >= 0.3 is 6.03 Å². The molecule has 0 spiro atoms. The van der Waals surface area contributed by atoms with E-state index in [1.165, 1.54) is 0 Å². The molecule has 0 saturated heterocycles. The van der Waals surface area contributed by atoms with E-state index in [4.69, 9.17) is 11.6 Å². The molecule has 7 heteroatoms. The van der Waals surface area contributed by atoms with Crippen molar-refractivity contribution in [3.8, 4) is 0 Å². The van der Waals surface area contributed by atoms with E-state index in [9.17, 15) is 14.1 Å². The molecule has 0 aromatic heterocycles. The molecule has 0 aliphatic carbocycles. The highest BCUT2D eigenvalue weighted by atomic mass is 35.5. The van der Waals surface area contributed by atoms with Crippen LogP contribution in [0.5, 0.6) is 0 Å². The van der Waals surface area contributed by atoms with E-state index < -0.39 is 16.9 Å². The number of amides is 2. The van der Waals surface area contributed by atoms with Gasteiger partial charge in [-0.05, 0) is 38.5 Å². The van der Waals surface area contributed by atoms with Gasteiger partial charge in [0.15, 0.2) is 0 Å². The van der Waals surface area contributed by atoms with Gasteiger partial charge < -0.3 is 15.7 Å². The number of aliphatic hydroxyl groups is 1. The molecule has 0 radical (unpaired) electrons. The summed E-state index contributed by atoms with van der Waals surface area (Å²) in [6.45, 7) is 6.10. The summed E-state index contributed by atoms with van der Waals surface area (Å²) in [6, 6.07) is 6.39. The van der Waals surface area contributed by atoms with Crippen LogP contribution in [0.4, 0.5) is 4.79 Å². The Morgan fingerprint density at radius 3 is 2.41 bits per heavy atom. The Balaban J connectivity index is 2.28. The maximum Gasteiger partial charge on any atom is 0.314 e. The van der Waals surface area contributed by atoms with E-state index in [0.717, 1.165) is 0 Å². The summed E-state index contributed by atoms with van der Waals surface area (Å²) in [7, 11) is -1.00. The predicted molar refractivity (Wildman–Crippen MR) is 90.6 cm³/mol. The summed E-state index contributed by atoms with van der Waals surface area (Å²) < 4.78 is 11.5. The van der Waals surface area contributed by atoms with Crippen molar-refractivity contribution >= 4 is 28.4 Å². The van der Waals surface area contributed by atoms with Crippen LogP contribution in [-0.2, 0) is 10.8 Å². The van der Waals surface area contributed by atoms with Crippen molar-refractivity contribution in [3.05, 3.63) is 34.9 Å². The summed E-state index contributed by atoms with van der Waals surface area (Å²) in [5, 5.41) is 15.7. The molecule has 0 aliphatic heterocycles. The van der Waals surface area contributed by atoms with Gasteiger partial charge in [-0.2, -0.15) is 0 Å². The van der Waals surface area contributed by atoms with E-state index in [-0.39, 0.29) is 17.3 Å². The second-order valence-electron chi connectivity index (χ2n) is 5.87. The van der Waals surface area contributed by atoms with Crippen molar-refractivity contribution in [3.63, 3.8) is 0 Å². The largest absolute Gasteiger partial charge is 0.387 e. The molecule has 1 aromatic carbocycles. The molecule has 2 amide bonds. The molecule has 1 aromatic rings. The van der Waals surface area contributed by atoms with Crippen LogP contribution in [0.15, 0.2) is 24.3 Å². The summed E-state index contributed by atoms with van der Waals surface area (Å²) >= 11 is 5.77. The van der Waals surface area contributed by atoms with Crippen molar-refractivity contribution in [2.75, 3.05) is 18.8 Å². The minimum absolute atomic E-state index is 0.0931. The van der Waals surface area contributed by atoms with Gasteiger partial charge in [-0.25, -0.2) is 4.79 Å². The molecule has 124 valence electrons. The smallest absolute Gasteiger partial charge is 0.314 e.